The first-order valence-electron chi connectivity index (χ1n) is 6.64. The lowest BCUT2D eigenvalue weighted by molar-refractivity contribution is -0.0688. The van der Waals surface area contributed by atoms with Crippen LogP contribution in [0.2, 0.25) is 0 Å². The maximum atomic E-state index is 6.05. The zero-order valence-corrected chi connectivity index (χ0v) is 11.3. The maximum Gasteiger partial charge on any atom is 0.0565 e. The lowest BCUT2D eigenvalue weighted by Crippen LogP contribution is -2.59. The van der Waals surface area contributed by atoms with Gasteiger partial charge in [0.25, 0.3) is 0 Å². The smallest absolute Gasteiger partial charge is 0.0565 e. The van der Waals surface area contributed by atoms with Crippen LogP contribution in [0.4, 0.5) is 0 Å². The number of likely N-dealkylation sites (N-methyl/N-ethyl adjacent to an activating group) is 1. The van der Waals surface area contributed by atoms with Gasteiger partial charge in [0.05, 0.1) is 6.10 Å². The van der Waals surface area contributed by atoms with Gasteiger partial charge in [-0.05, 0) is 39.7 Å². The summed E-state index contributed by atoms with van der Waals surface area (Å²) in [6.45, 7) is 8.27. The van der Waals surface area contributed by atoms with Crippen molar-refractivity contribution in [3.63, 3.8) is 0 Å². The predicted octanol–water partition coefficient (Wildman–Crippen LogP) is 2.00. The normalized spacial score (nSPS) is 31.3. The van der Waals surface area contributed by atoms with Crippen LogP contribution in [0.25, 0.3) is 0 Å². The van der Waals surface area contributed by atoms with Gasteiger partial charge in [-0.1, -0.05) is 13.8 Å². The number of rotatable bonds is 5. The average molecular weight is 228 g/mol. The van der Waals surface area contributed by atoms with Crippen molar-refractivity contribution in [2.24, 2.45) is 5.73 Å². The Balaban J connectivity index is 2.77. The fraction of sp³-hybridized carbons (Fsp3) is 1.00. The molecule has 2 atom stereocenters. The maximum absolute atomic E-state index is 6.05. The quantitative estimate of drug-likeness (QED) is 0.782. The zero-order valence-electron chi connectivity index (χ0n) is 11.3. The van der Waals surface area contributed by atoms with Crippen molar-refractivity contribution in [2.75, 3.05) is 20.2 Å². The topological polar surface area (TPSA) is 38.5 Å². The Morgan fingerprint density at radius 2 is 2.06 bits per heavy atom. The van der Waals surface area contributed by atoms with Gasteiger partial charge in [-0.2, -0.15) is 0 Å². The molecule has 1 heterocycles. The molecule has 0 spiro atoms. The van der Waals surface area contributed by atoms with E-state index in [9.17, 15) is 0 Å². The minimum atomic E-state index is 0.161. The highest BCUT2D eigenvalue weighted by molar-refractivity contribution is 4.96. The number of nitrogens with two attached hydrogens (primary N) is 1. The largest absolute Gasteiger partial charge is 0.378 e. The zero-order chi connectivity index (χ0) is 12.2. The van der Waals surface area contributed by atoms with Gasteiger partial charge in [0.2, 0.25) is 0 Å². The third-order valence-corrected chi connectivity index (χ3v) is 4.26. The third-order valence-electron chi connectivity index (χ3n) is 4.26. The summed E-state index contributed by atoms with van der Waals surface area (Å²) in [7, 11) is 2.24. The van der Waals surface area contributed by atoms with E-state index in [0.717, 1.165) is 26.0 Å². The minimum absolute atomic E-state index is 0.161. The molecule has 2 N–H and O–H groups in total. The van der Waals surface area contributed by atoms with Gasteiger partial charge in [-0.25, -0.2) is 0 Å². The Labute approximate surface area is 100 Å². The molecule has 1 fully saturated rings. The van der Waals surface area contributed by atoms with Crippen LogP contribution in [-0.2, 0) is 4.74 Å². The second-order valence-corrected chi connectivity index (χ2v) is 5.15. The monoisotopic (exact) mass is 228 g/mol. The van der Waals surface area contributed by atoms with Crippen molar-refractivity contribution in [3.8, 4) is 0 Å². The van der Waals surface area contributed by atoms with E-state index in [1.165, 1.54) is 12.8 Å². The minimum Gasteiger partial charge on any atom is -0.378 e. The van der Waals surface area contributed by atoms with E-state index in [4.69, 9.17) is 10.5 Å². The van der Waals surface area contributed by atoms with Crippen molar-refractivity contribution < 1.29 is 4.74 Å². The molecule has 0 amide bonds. The van der Waals surface area contributed by atoms with Gasteiger partial charge >= 0.3 is 0 Å². The molecule has 0 aromatic carbocycles. The number of nitrogens with zero attached hydrogens (tertiary/aromatic N) is 1. The fourth-order valence-corrected chi connectivity index (χ4v) is 3.02. The summed E-state index contributed by atoms with van der Waals surface area (Å²) >= 11 is 0. The SMILES string of the molecule is CCC(CC)N(C)C1(CN)CCOC(C)C1. The molecule has 3 nitrogen and oxygen atoms in total. The molecule has 2 unspecified atom stereocenters. The first-order chi connectivity index (χ1) is 7.59. The summed E-state index contributed by atoms with van der Waals surface area (Å²) in [6, 6.07) is 0.647. The van der Waals surface area contributed by atoms with Gasteiger partial charge in [0.1, 0.15) is 0 Å². The molecule has 0 bridgehead atoms. The van der Waals surface area contributed by atoms with E-state index in [0.29, 0.717) is 12.1 Å². The van der Waals surface area contributed by atoms with Crippen molar-refractivity contribution in [3.05, 3.63) is 0 Å². The molecule has 3 heteroatoms. The molecule has 0 saturated carbocycles. The fourth-order valence-electron chi connectivity index (χ4n) is 3.02. The van der Waals surface area contributed by atoms with Crippen LogP contribution in [0.1, 0.15) is 46.5 Å². The van der Waals surface area contributed by atoms with Crippen molar-refractivity contribution in [1.29, 1.82) is 0 Å². The molecule has 96 valence electrons. The predicted molar refractivity (Wildman–Crippen MR) is 68.6 cm³/mol. The first-order valence-corrected chi connectivity index (χ1v) is 6.64. The van der Waals surface area contributed by atoms with Crippen LogP contribution in [-0.4, -0.2) is 42.8 Å². The van der Waals surface area contributed by atoms with E-state index in [-0.39, 0.29) is 5.54 Å². The second kappa shape index (κ2) is 5.99. The highest BCUT2D eigenvalue weighted by Crippen LogP contribution is 2.31. The lowest BCUT2D eigenvalue weighted by Gasteiger charge is -2.49. The molecule has 0 aromatic rings. The standard InChI is InChI=1S/C13H28N2O/c1-5-12(6-2)15(4)13(10-14)7-8-16-11(3)9-13/h11-12H,5-10,14H2,1-4H3. The van der Waals surface area contributed by atoms with Crippen LogP contribution >= 0.6 is 0 Å². The van der Waals surface area contributed by atoms with Crippen molar-refractivity contribution in [1.82, 2.24) is 4.90 Å². The van der Waals surface area contributed by atoms with E-state index >= 15 is 0 Å². The molecule has 0 radical (unpaired) electrons. The van der Waals surface area contributed by atoms with Gasteiger partial charge in [-0.3, -0.25) is 4.90 Å². The van der Waals surface area contributed by atoms with Crippen LogP contribution < -0.4 is 5.73 Å². The molecule has 1 aliphatic heterocycles. The van der Waals surface area contributed by atoms with Crippen molar-refractivity contribution >= 4 is 0 Å². The van der Waals surface area contributed by atoms with Gasteiger partial charge in [0, 0.05) is 24.7 Å². The second-order valence-electron chi connectivity index (χ2n) is 5.15. The van der Waals surface area contributed by atoms with Crippen LogP contribution in [0.3, 0.4) is 0 Å². The van der Waals surface area contributed by atoms with E-state index < -0.39 is 0 Å². The van der Waals surface area contributed by atoms with Crippen LogP contribution in [0, 0.1) is 0 Å². The summed E-state index contributed by atoms with van der Waals surface area (Å²) in [5.41, 5.74) is 6.21. The summed E-state index contributed by atoms with van der Waals surface area (Å²) in [5, 5.41) is 0. The summed E-state index contributed by atoms with van der Waals surface area (Å²) in [6.07, 6.45) is 4.87. The van der Waals surface area contributed by atoms with Gasteiger partial charge < -0.3 is 10.5 Å². The molecule has 1 aliphatic rings. The summed E-state index contributed by atoms with van der Waals surface area (Å²) < 4.78 is 5.65. The molecule has 1 saturated heterocycles. The first kappa shape index (κ1) is 13.9. The Hall–Kier alpha value is -0.120. The summed E-state index contributed by atoms with van der Waals surface area (Å²) in [5.74, 6) is 0. The van der Waals surface area contributed by atoms with Crippen LogP contribution in [0.5, 0.6) is 0 Å². The molecule has 0 aromatic heterocycles. The Morgan fingerprint density at radius 1 is 1.44 bits per heavy atom. The molecule has 16 heavy (non-hydrogen) atoms. The Bertz CT molecular complexity index is 206. The van der Waals surface area contributed by atoms with E-state index in [1.54, 1.807) is 0 Å². The molecule has 0 aliphatic carbocycles. The van der Waals surface area contributed by atoms with Crippen molar-refractivity contribution in [2.45, 2.75) is 64.1 Å². The number of hydrogen-bond donors (Lipinski definition) is 1. The molecular weight excluding hydrogens is 200 g/mol. The van der Waals surface area contributed by atoms with Crippen LogP contribution in [0.15, 0.2) is 0 Å². The van der Waals surface area contributed by atoms with Gasteiger partial charge in [-0.15, -0.1) is 0 Å². The van der Waals surface area contributed by atoms with E-state index in [1.807, 2.05) is 0 Å². The number of ether oxygens (including phenoxy) is 1. The molecule has 1 rings (SSSR count). The highest BCUT2D eigenvalue weighted by Gasteiger charge is 2.39. The molecular formula is C13H28N2O. The average Bonchev–Trinajstić information content (AvgIpc) is 2.30. The Kier molecular flexibility index (Phi) is 5.22. The lowest BCUT2D eigenvalue weighted by atomic mass is 9.84. The Morgan fingerprint density at radius 3 is 2.50 bits per heavy atom. The number of hydrogen-bond acceptors (Lipinski definition) is 3. The highest BCUT2D eigenvalue weighted by atomic mass is 16.5. The summed E-state index contributed by atoms with van der Waals surface area (Å²) in [4.78, 5) is 2.52. The third kappa shape index (κ3) is 2.76. The van der Waals surface area contributed by atoms with E-state index in [2.05, 4.69) is 32.7 Å². The van der Waals surface area contributed by atoms with Gasteiger partial charge in [0.15, 0.2) is 0 Å².